The maximum Gasteiger partial charge on any atom is 0.287 e. The Morgan fingerprint density at radius 3 is 2.68 bits per heavy atom. The van der Waals surface area contributed by atoms with Crippen LogP contribution in [0.3, 0.4) is 0 Å². The Bertz CT molecular complexity index is 699. The summed E-state index contributed by atoms with van der Waals surface area (Å²) in [6, 6.07) is 5.40. The minimum atomic E-state index is -0.223. The van der Waals surface area contributed by atoms with Crippen molar-refractivity contribution in [3.63, 3.8) is 0 Å². The van der Waals surface area contributed by atoms with Crippen LogP contribution < -0.4 is 10.6 Å². The van der Waals surface area contributed by atoms with Crippen LogP contribution in [0, 0.1) is 0 Å². The molecular weight excluding hydrogens is 501 g/mol. The van der Waals surface area contributed by atoms with Crippen molar-refractivity contribution in [1.82, 2.24) is 20.1 Å². The summed E-state index contributed by atoms with van der Waals surface area (Å²) in [7, 11) is 5.72. The molecule has 1 amide bonds. The lowest BCUT2D eigenvalue weighted by Gasteiger charge is -2.22. The van der Waals surface area contributed by atoms with E-state index < -0.39 is 0 Å². The fourth-order valence-corrected chi connectivity index (χ4v) is 2.84. The summed E-state index contributed by atoms with van der Waals surface area (Å²) in [5.74, 6) is 0.851. The van der Waals surface area contributed by atoms with Crippen LogP contribution in [0.15, 0.2) is 44.5 Å². The zero-order valence-corrected chi connectivity index (χ0v) is 18.4. The molecule has 2 rings (SSSR count). The first-order chi connectivity index (χ1) is 11.5. The number of hydrogen-bond donors (Lipinski definition) is 2. The molecule has 2 heterocycles. The number of hydrogen-bond acceptors (Lipinski definition) is 3. The summed E-state index contributed by atoms with van der Waals surface area (Å²) in [5, 5.41) is 6.01. The lowest BCUT2D eigenvalue weighted by molar-refractivity contribution is 0.0926. The van der Waals surface area contributed by atoms with Crippen LogP contribution in [0.2, 0.25) is 0 Å². The van der Waals surface area contributed by atoms with Gasteiger partial charge in [0.1, 0.15) is 0 Å². The number of nitrogens with one attached hydrogen (secondary N) is 2. The van der Waals surface area contributed by atoms with Crippen molar-refractivity contribution in [1.29, 1.82) is 0 Å². The number of rotatable bonds is 6. The van der Waals surface area contributed by atoms with Crippen molar-refractivity contribution < 1.29 is 9.21 Å². The molecule has 0 atom stereocenters. The fourth-order valence-electron chi connectivity index (χ4n) is 2.27. The Morgan fingerprint density at radius 1 is 1.40 bits per heavy atom. The van der Waals surface area contributed by atoms with E-state index >= 15 is 0 Å². The Labute approximate surface area is 173 Å². The summed E-state index contributed by atoms with van der Waals surface area (Å²) in [6.07, 6.45) is 3.50. The van der Waals surface area contributed by atoms with E-state index in [0.717, 1.165) is 17.0 Å². The molecule has 2 aromatic heterocycles. The van der Waals surface area contributed by atoms with Crippen LogP contribution in [-0.4, -0.2) is 48.5 Å². The number of carbonyl (C=O) groups is 1. The molecule has 0 fully saturated rings. The Hall–Kier alpha value is -1.49. The second-order valence-corrected chi connectivity index (χ2v) is 6.24. The predicted molar refractivity (Wildman–Crippen MR) is 112 cm³/mol. The topological polar surface area (TPSA) is 74.8 Å². The third-order valence-electron chi connectivity index (χ3n) is 3.49. The molecule has 0 saturated carbocycles. The molecule has 25 heavy (non-hydrogen) atoms. The molecule has 0 unspecified atom stereocenters. The lowest BCUT2D eigenvalue weighted by atomic mass is 10.4. The van der Waals surface area contributed by atoms with Gasteiger partial charge in [-0.1, -0.05) is 0 Å². The highest BCUT2D eigenvalue weighted by Crippen LogP contribution is 2.14. The number of aromatic nitrogens is 1. The monoisotopic (exact) mass is 523 g/mol. The average Bonchev–Trinajstić information content (AvgIpc) is 3.17. The van der Waals surface area contributed by atoms with E-state index in [1.807, 2.05) is 25.2 Å². The zero-order chi connectivity index (χ0) is 17.5. The quantitative estimate of drug-likeness (QED) is 0.264. The fraction of sp³-hybridized carbons (Fsp3) is 0.375. The number of aryl methyl sites for hydroxylation is 1. The maximum absolute atomic E-state index is 11.8. The molecule has 0 radical (unpaired) electrons. The van der Waals surface area contributed by atoms with Gasteiger partial charge >= 0.3 is 0 Å². The van der Waals surface area contributed by atoms with Gasteiger partial charge < -0.3 is 24.5 Å². The molecule has 9 heteroatoms. The first kappa shape index (κ1) is 21.6. The molecule has 0 aliphatic carbocycles. The van der Waals surface area contributed by atoms with Gasteiger partial charge in [-0.15, -0.1) is 24.0 Å². The van der Waals surface area contributed by atoms with Gasteiger partial charge in [0.2, 0.25) is 0 Å². The molecular formula is C16H23BrIN5O2. The van der Waals surface area contributed by atoms with Crippen molar-refractivity contribution in [3.8, 4) is 0 Å². The molecule has 0 spiro atoms. The molecule has 7 nitrogen and oxygen atoms in total. The number of carbonyl (C=O) groups excluding carboxylic acids is 1. The van der Waals surface area contributed by atoms with Crippen LogP contribution >= 0.6 is 39.9 Å². The van der Waals surface area contributed by atoms with E-state index in [4.69, 9.17) is 4.42 Å². The summed E-state index contributed by atoms with van der Waals surface area (Å²) in [6.45, 7) is 1.77. The number of guanidine groups is 1. The minimum absolute atomic E-state index is 0. The lowest BCUT2D eigenvalue weighted by Crippen LogP contribution is -2.42. The maximum atomic E-state index is 11.8. The van der Waals surface area contributed by atoms with Gasteiger partial charge in [0, 0.05) is 50.6 Å². The summed E-state index contributed by atoms with van der Waals surface area (Å²) >= 11 is 3.48. The third kappa shape index (κ3) is 6.38. The smallest absolute Gasteiger partial charge is 0.287 e. The van der Waals surface area contributed by atoms with Crippen molar-refractivity contribution in [2.75, 3.05) is 27.2 Å². The van der Waals surface area contributed by atoms with Crippen molar-refractivity contribution in [2.45, 2.75) is 6.54 Å². The Balaban J connectivity index is 0.00000312. The molecule has 2 aromatic rings. The highest BCUT2D eigenvalue weighted by atomic mass is 127. The van der Waals surface area contributed by atoms with Crippen LogP contribution in [-0.2, 0) is 13.6 Å². The predicted octanol–water partition coefficient (Wildman–Crippen LogP) is 2.44. The van der Waals surface area contributed by atoms with Crippen molar-refractivity contribution >= 4 is 51.8 Å². The summed E-state index contributed by atoms with van der Waals surface area (Å²) in [4.78, 5) is 18.0. The zero-order valence-electron chi connectivity index (χ0n) is 14.5. The van der Waals surface area contributed by atoms with Gasteiger partial charge in [0.15, 0.2) is 11.7 Å². The number of halogens is 2. The van der Waals surface area contributed by atoms with Crippen molar-refractivity contribution in [2.24, 2.45) is 12.0 Å². The molecule has 138 valence electrons. The van der Waals surface area contributed by atoms with Gasteiger partial charge in [-0.25, -0.2) is 0 Å². The second-order valence-electron chi connectivity index (χ2n) is 5.32. The van der Waals surface area contributed by atoms with E-state index in [0.29, 0.717) is 18.8 Å². The van der Waals surface area contributed by atoms with Gasteiger partial charge in [-0.2, -0.15) is 0 Å². The molecule has 0 aliphatic heterocycles. The third-order valence-corrected chi connectivity index (χ3v) is 3.92. The highest BCUT2D eigenvalue weighted by molar-refractivity contribution is 14.0. The highest BCUT2D eigenvalue weighted by Gasteiger charge is 2.10. The van der Waals surface area contributed by atoms with Gasteiger partial charge in [0.05, 0.1) is 12.8 Å². The first-order valence-corrected chi connectivity index (χ1v) is 8.34. The average molecular weight is 524 g/mol. The standard InChI is InChI=1S/C16H22BrN5O2.HI/c1-18-16(22(3)11-13-9-12(17)10-21(13)2)20-7-6-19-15(23)14-5-4-8-24-14;/h4-5,8-10H,6-7,11H2,1-3H3,(H,18,20)(H,19,23);1H. The van der Waals surface area contributed by atoms with E-state index in [1.54, 1.807) is 19.2 Å². The van der Waals surface area contributed by atoms with Gasteiger partial charge in [-0.05, 0) is 34.1 Å². The van der Waals surface area contributed by atoms with Gasteiger partial charge in [0.25, 0.3) is 5.91 Å². The SMILES string of the molecule is CN=C(NCCNC(=O)c1ccco1)N(C)Cc1cc(Br)cn1C.I. The van der Waals surface area contributed by atoms with Crippen LogP contribution in [0.1, 0.15) is 16.2 Å². The first-order valence-electron chi connectivity index (χ1n) is 7.55. The number of furan rings is 1. The van der Waals surface area contributed by atoms with Gasteiger partial charge in [-0.3, -0.25) is 9.79 Å². The van der Waals surface area contributed by atoms with E-state index in [-0.39, 0.29) is 29.9 Å². The van der Waals surface area contributed by atoms with E-state index in [2.05, 4.69) is 42.2 Å². The van der Waals surface area contributed by atoms with Crippen molar-refractivity contribution in [3.05, 3.63) is 46.6 Å². The Morgan fingerprint density at radius 2 is 2.12 bits per heavy atom. The van der Waals surface area contributed by atoms with E-state index in [1.165, 1.54) is 12.0 Å². The van der Waals surface area contributed by atoms with Crippen LogP contribution in [0.25, 0.3) is 0 Å². The molecule has 0 bridgehead atoms. The minimum Gasteiger partial charge on any atom is -0.459 e. The summed E-state index contributed by atoms with van der Waals surface area (Å²) < 4.78 is 8.16. The van der Waals surface area contributed by atoms with Crippen LogP contribution in [0.5, 0.6) is 0 Å². The summed E-state index contributed by atoms with van der Waals surface area (Å²) in [5.41, 5.74) is 1.17. The van der Waals surface area contributed by atoms with Crippen LogP contribution in [0.4, 0.5) is 0 Å². The second kappa shape index (κ2) is 10.5. The molecule has 0 aromatic carbocycles. The number of amides is 1. The molecule has 0 saturated heterocycles. The largest absolute Gasteiger partial charge is 0.459 e. The number of nitrogens with zero attached hydrogens (tertiary/aromatic N) is 3. The molecule has 2 N–H and O–H groups in total. The Kier molecular flexibility index (Phi) is 9.04. The normalized spacial score (nSPS) is 11.0. The van der Waals surface area contributed by atoms with E-state index in [9.17, 15) is 4.79 Å². The molecule has 0 aliphatic rings. The number of aliphatic imine (C=N–C) groups is 1.